The fourth-order valence-electron chi connectivity index (χ4n) is 5.31. The lowest BCUT2D eigenvalue weighted by atomic mass is 9.92. The lowest BCUT2D eigenvalue weighted by Gasteiger charge is -2.25. The molecule has 3 unspecified atom stereocenters. The van der Waals surface area contributed by atoms with Gasteiger partial charge in [0.1, 0.15) is 17.6 Å². The number of cyclic esters (lactones) is 1. The van der Waals surface area contributed by atoms with Gasteiger partial charge in [-0.05, 0) is 89.8 Å². The molecule has 1 heterocycles. The number of ether oxygens (including phenoxy) is 2. The molecule has 1 saturated heterocycles. The molecule has 1 aliphatic rings. The van der Waals surface area contributed by atoms with Crippen molar-refractivity contribution >= 4 is 17.7 Å². The molecule has 280 valence electrons. The van der Waals surface area contributed by atoms with Crippen molar-refractivity contribution in [2.24, 2.45) is 11.8 Å². The molecule has 0 saturated carbocycles. The first kappa shape index (κ1) is 43.2. The van der Waals surface area contributed by atoms with E-state index in [0.29, 0.717) is 19.3 Å². The number of phenolic OH excluding ortho intramolecular Hbond substituents is 1. The van der Waals surface area contributed by atoms with Crippen LogP contribution in [0.3, 0.4) is 0 Å². The van der Waals surface area contributed by atoms with E-state index in [-0.39, 0.29) is 53.2 Å². The predicted molar refractivity (Wildman–Crippen MR) is 206 cm³/mol. The van der Waals surface area contributed by atoms with Crippen LogP contribution in [0.15, 0.2) is 132 Å². The number of benzene rings is 1. The van der Waals surface area contributed by atoms with E-state index in [0.717, 1.165) is 22.8 Å². The molecule has 0 spiro atoms. The minimum absolute atomic E-state index is 0.0755. The standard InChI is InChI=1S/C43H55NO8/c1-30(14-10-11-27-43(6)40(51-7)34(5)42(50)52-43)15-12-19-38(47)29-39(48)20-13-16-31(2)21-22-33(4)44-41(49)32(3)17-8-9-18-37(46)28-35-23-25-36(45)26-24-35/h8-16,19-27,29,32-34,37,40,45-47H,17-18,28H2,1-7H3,(H,44,49)/b9-8+,14-10+,19-12+,20-13+,22-21+,27-11+,30-15+,31-16+,38-29-/t32?,33?,34-,37?,40+,43+/m1/s1. The van der Waals surface area contributed by atoms with Crippen LogP contribution in [0.1, 0.15) is 59.9 Å². The number of aromatic hydroxyl groups is 1. The van der Waals surface area contributed by atoms with Crippen LogP contribution in [0.4, 0.5) is 0 Å². The van der Waals surface area contributed by atoms with Gasteiger partial charge in [-0.25, -0.2) is 0 Å². The van der Waals surface area contributed by atoms with Crippen LogP contribution in [0.2, 0.25) is 0 Å². The van der Waals surface area contributed by atoms with Gasteiger partial charge in [-0.15, -0.1) is 0 Å². The van der Waals surface area contributed by atoms with Gasteiger partial charge in [0.15, 0.2) is 11.4 Å². The number of hydrogen-bond acceptors (Lipinski definition) is 8. The Balaban J connectivity index is 1.74. The number of carbonyl (C=O) groups is 3. The zero-order chi connectivity index (χ0) is 38.7. The Morgan fingerprint density at radius 3 is 2.27 bits per heavy atom. The quantitative estimate of drug-likeness (QED) is 0.0382. The average molecular weight is 714 g/mol. The first-order chi connectivity index (χ1) is 24.6. The van der Waals surface area contributed by atoms with Crippen molar-refractivity contribution in [2.45, 2.75) is 84.7 Å². The molecule has 9 nitrogen and oxygen atoms in total. The Kier molecular flexibility index (Phi) is 18.3. The van der Waals surface area contributed by atoms with E-state index in [9.17, 15) is 29.7 Å². The number of amides is 1. The van der Waals surface area contributed by atoms with E-state index in [1.54, 1.807) is 74.8 Å². The largest absolute Gasteiger partial charge is 0.508 e. The molecule has 0 radical (unpaired) electrons. The maximum absolute atomic E-state index is 12.6. The Morgan fingerprint density at radius 1 is 0.962 bits per heavy atom. The Morgan fingerprint density at radius 2 is 1.60 bits per heavy atom. The molecule has 1 amide bonds. The van der Waals surface area contributed by atoms with E-state index < -0.39 is 11.7 Å². The summed E-state index contributed by atoms with van der Waals surface area (Å²) < 4.78 is 10.9. The minimum atomic E-state index is -0.836. The lowest BCUT2D eigenvalue weighted by Crippen LogP contribution is -2.37. The topological polar surface area (TPSA) is 142 Å². The second-order valence-electron chi connectivity index (χ2n) is 13.3. The zero-order valence-corrected chi connectivity index (χ0v) is 31.4. The highest BCUT2D eigenvalue weighted by Crippen LogP contribution is 2.34. The molecule has 1 aromatic carbocycles. The van der Waals surface area contributed by atoms with Gasteiger partial charge in [0.2, 0.25) is 5.91 Å². The molecule has 6 atom stereocenters. The third-order valence-electron chi connectivity index (χ3n) is 8.34. The number of methoxy groups -OCH3 is 1. The van der Waals surface area contributed by atoms with Gasteiger partial charge in [-0.2, -0.15) is 0 Å². The molecule has 2 rings (SSSR count). The number of hydrogen-bond donors (Lipinski definition) is 4. The molecule has 1 aromatic rings. The van der Waals surface area contributed by atoms with Crippen LogP contribution in [-0.2, 0) is 30.3 Å². The van der Waals surface area contributed by atoms with Gasteiger partial charge < -0.3 is 30.1 Å². The van der Waals surface area contributed by atoms with Crippen molar-refractivity contribution in [1.82, 2.24) is 5.32 Å². The summed E-state index contributed by atoms with van der Waals surface area (Å²) in [5.74, 6) is -1.30. The fourth-order valence-corrected chi connectivity index (χ4v) is 5.31. The van der Waals surface area contributed by atoms with E-state index >= 15 is 0 Å². The van der Waals surface area contributed by atoms with Gasteiger partial charge >= 0.3 is 5.97 Å². The number of allylic oxidation sites excluding steroid dienone is 14. The number of ketones is 1. The van der Waals surface area contributed by atoms with Gasteiger partial charge in [-0.1, -0.05) is 97.0 Å². The van der Waals surface area contributed by atoms with Crippen LogP contribution >= 0.6 is 0 Å². The summed E-state index contributed by atoms with van der Waals surface area (Å²) >= 11 is 0. The molecule has 4 N–H and O–H groups in total. The average Bonchev–Trinajstić information content (AvgIpc) is 3.31. The van der Waals surface area contributed by atoms with Gasteiger partial charge in [-0.3, -0.25) is 14.4 Å². The summed E-state index contributed by atoms with van der Waals surface area (Å²) in [4.78, 5) is 36.8. The zero-order valence-electron chi connectivity index (χ0n) is 31.4. The smallest absolute Gasteiger partial charge is 0.312 e. The maximum Gasteiger partial charge on any atom is 0.312 e. The van der Waals surface area contributed by atoms with E-state index in [4.69, 9.17) is 9.47 Å². The number of rotatable bonds is 19. The van der Waals surface area contributed by atoms with Crippen molar-refractivity contribution in [2.75, 3.05) is 7.11 Å². The SMILES string of the molecule is CO[C@H]1[C@@H](C)C(=O)O[C@@]1(C)/C=C/C=C/C(C)=C/C=C/C(O)=C/C(=O)/C=C/C=C(C)/C=C/C(C)NC(=O)C(C)C/C=C/CC(O)Cc1ccc(O)cc1. The fraction of sp³-hybridized carbons (Fsp3) is 0.372. The highest BCUT2D eigenvalue weighted by atomic mass is 16.6. The van der Waals surface area contributed by atoms with Crippen molar-refractivity contribution in [3.05, 3.63) is 138 Å². The van der Waals surface area contributed by atoms with E-state index in [2.05, 4.69) is 5.32 Å². The molecule has 0 aliphatic carbocycles. The number of esters is 1. The van der Waals surface area contributed by atoms with Crippen molar-refractivity contribution in [1.29, 1.82) is 0 Å². The number of aliphatic hydroxyl groups excluding tert-OH is 2. The molecular weight excluding hydrogens is 658 g/mol. The Labute approximate surface area is 308 Å². The molecule has 1 aliphatic heterocycles. The first-order valence-electron chi connectivity index (χ1n) is 17.5. The van der Waals surface area contributed by atoms with Crippen molar-refractivity contribution in [3.8, 4) is 5.75 Å². The molecule has 9 heteroatoms. The molecule has 0 bridgehead atoms. The third kappa shape index (κ3) is 15.9. The highest BCUT2D eigenvalue weighted by molar-refractivity contribution is 5.99. The number of carbonyl (C=O) groups excluding carboxylic acids is 3. The van der Waals surface area contributed by atoms with Crippen LogP contribution in [-0.4, -0.2) is 63.9 Å². The maximum atomic E-state index is 12.6. The summed E-state index contributed by atoms with van der Waals surface area (Å²) in [5, 5.41) is 32.7. The van der Waals surface area contributed by atoms with E-state index in [1.807, 2.05) is 71.1 Å². The molecule has 52 heavy (non-hydrogen) atoms. The number of phenols is 1. The number of aliphatic hydroxyl groups is 2. The second-order valence-corrected chi connectivity index (χ2v) is 13.3. The van der Waals surface area contributed by atoms with Gasteiger partial charge in [0, 0.05) is 25.1 Å². The Hall–Kier alpha value is -4.99. The second kappa shape index (κ2) is 22.1. The van der Waals surface area contributed by atoms with Gasteiger partial charge in [0.05, 0.1) is 12.0 Å². The normalized spacial score (nSPS) is 22.4. The summed E-state index contributed by atoms with van der Waals surface area (Å²) in [7, 11) is 1.56. The van der Waals surface area contributed by atoms with Crippen LogP contribution in [0.25, 0.3) is 0 Å². The summed E-state index contributed by atoms with van der Waals surface area (Å²) in [6.07, 6.45) is 26.1. The monoisotopic (exact) mass is 713 g/mol. The van der Waals surface area contributed by atoms with E-state index in [1.165, 1.54) is 12.2 Å². The summed E-state index contributed by atoms with van der Waals surface area (Å²) in [6, 6.07) is 6.56. The van der Waals surface area contributed by atoms with Crippen LogP contribution in [0, 0.1) is 11.8 Å². The summed E-state index contributed by atoms with van der Waals surface area (Å²) in [6.45, 7) is 11.1. The van der Waals surface area contributed by atoms with Gasteiger partial charge in [0.25, 0.3) is 0 Å². The predicted octanol–water partition coefficient (Wildman–Crippen LogP) is 7.42. The lowest BCUT2D eigenvalue weighted by molar-refractivity contribution is -0.147. The third-order valence-corrected chi connectivity index (χ3v) is 8.34. The molecular formula is C43H55NO8. The highest BCUT2D eigenvalue weighted by Gasteiger charge is 2.49. The van der Waals surface area contributed by atoms with Crippen LogP contribution in [0.5, 0.6) is 5.75 Å². The van der Waals surface area contributed by atoms with Crippen molar-refractivity contribution < 1.29 is 39.2 Å². The minimum Gasteiger partial charge on any atom is -0.508 e. The number of nitrogens with one attached hydrogen (secondary N) is 1. The summed E-state index contributed by atoms with van der Waals surface area (Å²) in [5.41, 5.74) is 1.87. The van der Waals surface area contributed by atoms with Crippen LogP contribution < -0.4 is 5.32 Å². The molecule has 0 aromatic heterocycles. The van der Waals surface area contributed by atoms with Crippen molar-refractivity contribution in [3.63, 3.8) is 0 Å². The Bertz CT molecular complexity index is 1620. The first-order valence-corrected chi connectivity index (χ1v) is 17.5. The molecule has 1 fully saturated rings.